The van der Waals surface area contributed by atoms with E-state index in [0.717, 1.165) is 13.8 Å². The molecule has 112 valence electrons. The van der Waals surface area contributed by atoms with Crippen molar-refractivity contribution in [2.75, 3.05) is 12.9 Å². The normalized spacial score (nSPS) is 11.4. The molecule has 21 heavy (non-hydrogen) atoms. The van der Waals surface area contributed by atoms with Crippen LogP contribution in [0.5, 0.6) is 5.75 Å². The number of sulfone groups is 1. The average molecular weight is 454 g/mol. The van der Waals surface area contributed by atoms with Gasteiger partial charge in [-0.1, -0.05) is 6.07 Å². The Morgan fingerprint density at radius 2 is 2.00 bits per heavy atom. The van der Waals surface area contributed by atoms with Crippen LogP contribution in [0.15, 0.2) is 42.8 Å². The Balaban J connectivity index is 2.10. The fourth-order valence-electron chi connectivity index (χ4n) is 1.55. The predicted octanol–water partition coefficient (Wildman–Crippen LogP) is 3.94. The number of ketones is 1. The molecule has 0 fully saturated rings. The molecule has 2 aromatic rings. The van der Waals surface area contributed by atoms with Crippen molar-refractivity contribution in [2.24, 2.45) is 0 Å². The molecule has 0 aliphatic carbocycles. The molecule has 0 saturated carbocycles. The Morgan fingerprint density at radius 1 is 1.29 bits per heavy atom. The Morgan fingerprint density at radius 3 is 2.57 bits per heavy atom. The van der Waals surface area contributed by atoms with Crippen LogP contribution in [0.4, 0.5) is 0 Å². The van der Waals surface area contributed by atoms with Crippen LogP contribution in [0.2, 0.25) is 0 Å². The van der Waals surface area contributed by atoms with Gasteiger partial charge in [0.1, 0.15) is 5.75 Å². The minimum atomic E-state index is -3.30. The molecule has 0 saturated heterocycles. The number of thiophene rings is 1. The van der Waals surface area contributed by atoms with Gasteiger partial charge in [0.05, 0.1) is 12.5 Å². The van der Waals surface area contributed by atoms with Gasteiger partial charge in [-0.3, -0.25) is 4.79 Å². The van der Waals surface area contributed by atoms with E-state index in [1.165, 1.54) is 23.5 Å². The van der Waals surface area contributed by atoms with E-state index in [9.17, 15) is 13.2 Å². The van der Waals surface area contributed by atoms with Gasteiger partial charge >= 0.3 is 0 Å². The second kappa shape index (κ2) is 6.60. The van der Waals surface area contributed by atoms with Crippen molar-refractivity contribution in [3.63, 3.8) is 0 Å². The molecule has 4 nitrogen and oxygen atoms in total. The minimum absolute atomic E-state index is 0.158. The lowest BCUT2D eigenvalue weighted by Gasteiger charge is -2.06. The van der Waals surface area contributed by atoms with E-state index in [-0.39, 0.29) is 17.3 Å². The summed E-state index contributed by atoms with van der Waals surface area (Å²) in [5, 5.41) is 0. The summed E-state index contributed by atoms with van der Waals surface area (Å²) in [5.41, 5.74) is 0.533. The van der Waals surface area contributed by atoms with Crippen LogP contribution in [0.3, 0.4) is 0 Å². The zero-order chi connectivity index (χ0) is 15.6. The molecular weight excluding hydrogens is 444 g/mol. The van der Waals surface area contributed by atoms with Crippen LogP contribution >= 0.6 is 43.2 Å². The van der Waals surface area contributed by atoms with E-state index in [0.29, 0.717) is 11.3 Å². The summed E-state index contributed by atoms with van der Waals surface area (Å²) in [6.07, 6.45) is 1.12. The lowest BCUT2D eigenvalue weighted by atomic mass is 10.2. The summed E-state index contributed by atoms with van der Waals surface area (Å²) < 4.78 is 29.9. The average Bonchev–Trinajstić information content (AvgIpc) is 2.74. The maximum atomic E-state index is 12.0. The van der Waals surface area contributed by atoms with Crippen molar-refractivity contribution in [1.82, 2.24) is 0 Å². The smallest absolute Gasteiger partial charge is 0.202 e. The van der Waals surface area contributed by atoms with Gasteiger partial charge in [0, 0.05) is 11.8 Å². The molecule has 0 amide bonds. The first kappa shape index (κ1) is 16.7. The number of carbonyl (C=O) groups excluding carboxylic acids is 1. The number of carbonyl (C=O) groups is 1. The van der Waals surface area contributed by atoms with Gasteiger partial charge in [-0.15, -0.1) is 11.3 Å². The van der Waals surface area contributed by atoms with Crippen molar-refractivity contribution in [3.05, 3.63) is 43.5 Å². The quantitative estimate of drug-likeness (QED) is 0.643. The molecule has 0 aliphatic heterocycles. The van der Waals surface area contributed by atoms with E-state index in [2.05, 4.69) is 31.9 Å². The first-order valence-corrected chi connectivity index (χ1v) is 9.98. The fraction of sp³-hybridized carbons (Fsp3) is 0.154. The number of halogens is 2. The number of hydrogen-bond acceptors (Lipinski definition) is 5. The second-order valence-electron chi connectivity index (χ2n) is 4.20. The molecule has 0 spiro atoms. The van der Waals surface area contributed by atoms with Crippen LogP contribution in [-0.4, -0.2) is 27.1 Å². The van der Waals surface area contributed by atoms with Gasteiger partial charge in [0.25, 0.3) is 0 Å². The highest BCUT2D eigenvalue weighted by Gasteiger charge is 2.15. The Kier molecular flexibility index (Phi) is 5.24. The third-order valence-corrected chi connectivity index (χ3v) is 6.01. The summed E-state index contributed by atoms with van der Waals surface area (Å²) in [6.45, 7) is -0.158. The highest BCUT2D eigenvalue weighted by atomic mass is 79.9. The van der Waals surface area contributed by atoms with Gasteiger partial charge < -0.3 is 4.74 Å². The molecule has 0 N–H and O–H groups in total. The molecule has 2 rings (SSSR count). The first-order valence-electron chi connectivity index (χ1n) is 5.68. The van der Waals surface area contributed by atoms with Crippen LogP contribution in [0.1, 0.15) is 10.4 Å². The number of ether oxygens (including phenoxy) is 1. The molecule has 0 radical (unpaired) electrons. The van der Waals surface area contributed by atoms with E-state index in [1.807, 2.05) is 0 Å². The summed E-state index contributed by atoms with van der Waals surface area (Å²) in [4.78, 5) is 12.2. The van der Waals surface area contributed by atoms with Crippen LogP contribution in [0, 0.1) is 0 Å². The summed E-state index contributed by atoms with van der Waals surface area (Å²) >= 11 is 8.02. The van der Waals surface area contributed by atoms with E-state index in [4.69, 9.17) is 4.74 Å². The van der Waals surface area contributed by atoms with Gasteiger partial charge in [0.15, 0.2) is 16.4 Å². The number of rotatable bonds is 5. The van der Waals surface area contributed by atoms with Crippen molar-refractivity contribution in [3.8, 4) is 5.75 Å². The van der Waals surface area contributed by atoms with Crippen molar-refractivity contribution < 1.29 is 17.9 Å². The summed E-state index contributed by atoms with van der Waals surface area (Å²) in [5.74, 6) is 0.158. The third-order valence-electron chi connectivity index (χ3n) is 2.56. The molecule has 0 bridgehead atoms. The van der Waals surface area contributed by atoms with Crippen molar-refractivity contribution in [2.45, 2.75) is 4.90 Å². The predicted molar refractivity (Wildman–Crippen MR) is 89.1 cm³/mol. The molecule has 1 aromatic heterocycles. The molecule has 0 atom stereocenters. The van der Waals surface area contributed by atoms with Gasteiger partial charge in [-0.25, -0.2) is 8.42 Å². The lowest BCUT2D eigenvalue weighted by molar-refractivity contribution is 0.0921. The van der Waals surface area contributed by atoms with Crippen molar-refractivity contribution >= 4 is 58.8 Å². The Bertz CT molecular complexity index is 781. The van der Waals surface area contributed by atoms with Crippen LogP contribution < -0.4 is 4.74 Å². The van der Waals surface area contributed by atoms with Crippen LogP contribution in [-0.2, 0) is 9.84 Å². The molecule has 1 heterocycles. The van der Waals surface area contributed by atoms with Gasteiger partial charge in [0.2, 0.25) is 5.78 Å². The van der Waals surface area contributed by atoms with Gasteiger partial charge in [-0.05, 0) is 56.1 Å². The zero-order valence-corrected chi connectivity index (χ0v) is 15.6. The zero-order valence-electron chi connectivity index (χ0n) is 10.8. The summed E-state index contributed by atoms with van der Waals surface area (Å²) in [6, 6.07) is 7.79. The minimum Gasteiger partial charge on any atom is -0.485 e. The fourth-order valence-corrected chi connectivity index (χ4v) is 5.06. The van der Waals surface area contributed by atoms with E-state index < -0.39 is 9.84 Å². The first-order chi connectivity index (χ1) is 9.77. The monoisotopic (exact) mass is 452 g/mol. The molecule has 8 heteroatoms. The maximum Gasteiger partial charge on any atom is 0.202 e. The Hall–Kier alpha value is -0.700. The summed E-state index contributed by atoms with van der Waals surface area (Å²) in [7, 11) is -3.30. The molecule has 0 unspecified atom stereocenters. The number of Topliss-reactive ketones (excluding diaryl/α,β-unsaturated/α-hetero) is 1. The van der Waals surface area contributed by atoms with Crippen LogP contribution in [0.25, 0.3) is 0 Å². The highest BCUT2D eigenvalue weighted by molar-refractivity contribution is 9.12. The van der Waals surface area contributed by atoms with E-state index in [1.54, 1.807) is 18.2 Å². The third kappa shape index (κ3) is 4.38. The second-order valence-corrected chi connectivity index (χ2v) is 9.96. The van der Waals surface area contributed by atoms with E-state index >= 15 is 0 Å². The molecule has 1 aromatic carbocycles. The standard InChI is InChI=1S/C13H10Br2O4S2/c1-21(17,18)9-4-2-3-8(5-9)19-7-11(16)10-6-12(14)20-13(10)15/h2-6H,7H2,1H3. The van der Waals surface area contributed by atoms with Gasteiger partial charge in [-0.2, -0.15) is 0 Å². The Labute approximate surface area is 143 Å². The SMILES string of the molecule is CS(=O)(=O)c1cccc(OCC(=O)c2cc(Br)sc2Br)c1. The highest BCUT2D eigenvalue weighted by Crippen LogP contribution is 2.32. The number of hydrogen-bond donors (Lipinski definition) is 0. The lowest BCUT2D eigenvalue weighted by Crippen LogP contribution is -2.11. The maximum absolute atomic E-state index is 12.0. The molecule has 0 aliphatic rings. The number of benzene rings is 1. The largest absolute Gasteiger partial charge is 0.485 e. The van der Waals surface area contributed by atoms with Crippen molar-refractivity contribution in [1.29, 1.82) is 0 Å². The molecular formula is C13H10Br2O4S2. The topological polar surface area (TPSA) is 60.4 Å².